The molecule has 0 heterocycles. The Morgan fingerprint density at radius 3 is 2.50 bits per heavy atom. The van der Waals surface area contributed by atoms with Crippen LogP contribution in [0, 0.1) is 5.82 Å². The van der Waals surface area contributed by atoms with Crippen molar-refractivity contribution in [3.8, 4) is 5.75 Å². The van der Waals surface area contributed by atoms with Crippen LogP contribution in [-0.4, -0.2) is 12.2 Å². The van der Waals surface area contributed by atoms with Gasteiger partial charge in [-0.2, -0.15) is 0 Å². The molecule has 20 heavy (non-hydrogen) atoms. The quantitative estimate of drug-likeness (QED) is 0.897. The molecule has 0 saturated heterocycles. The Morgan fingerprint density at radius 2 is 1.90 bits per heavy atom. The van der Waals surface area contributed by atoms with Crippen LogP contribution in [-0.2, 0) is 6.42 Å². The van der Waals surface area contributed by atoms with Crippen LogP contribution in [0.1, 0.15) is 23.7 Å². The molecule has 1 unspecified atom stereocenters. The van der Waals surface area contributed by atoms with Gasteiger partial charge in [-0.15, -0.1) is 0 Å². The number of benzene rings is 2. The van der Waals surface area contributed by atoms with E-state index in [-0.39, 0.29) is 5.56 Å². The minimum Gasteiger partial charge on any atom is -0.497 e. The molecule has 0 aliphatic carbocycles. The van der Waals surface area contributed by atoms with E-state index < -0.39 is 11.9 Å². The summed E-state index contributed by atoms with van der Waals surface area (Å²) in [6.45, 7) is 0. The largest absolute Gasteiger partial charge is 0.497 e. The first-order valence-corrected chi connectivity index (χ1v) is 6.74. The Balaban J connectivity index is 1.98. The molecule has 2 aromatic rings. The maximum Gasteiger partial charge on any atom is 0.130 e. The molecule has 106 valence electrons. The lowest BCUT2D eigenvalue weighted by molar-refractivity contribution is 0.163. The van der Waals surface area contributed by atoms with Crippen LogP contribution in [0.25, 0.3) is 0 Å². The standard InChI is InChI=1S/C16H16ClFO2/c1-20-13-6-2-11(3-7-13)4-9-16(19)14-8-5-12(17)10-15(14)18/h2-3,5-8,10,16,19H,4,9H2,1H3. The third-order valence-corrected chi connectivity index (χ3v) is 3.42. The summed E-state index contributed by atoms with van der Waals surface area (Å²) in [6, 6.07) is 11.9. The number of aryl methyl sites for hydroxylation is 1. The number of ether oxygens (including phenoxy) is 1. The fraction of sp³-hybridized carbons (Fsp3) is 0.250. The summed E-state index contributed by atoms with van der Waals surface area (Å²) in [4.78, 5) is 0. The Morgan fingerprint density at radius 1 is 1.20 bits per heavy atom. The van der Waals surface area contributed by atoms with Crippen molar-refractivity contribution in [2.24, 2.45) is 0 Å². The number of hydrogen-bond acceptors (Lipinski definition) is 2. The lowest BCUT2D eigenvalue weighted by Crippen LogP contribution is -2.02. The zero-order valence-corrected chi connectivity index (χ0v) is 11.9. The van der Waals surface area contributed by atoms with Crippen molar-refractivity contribution in [1.82, 2.24) is 0 Å². The average Bonchev–Trinajstić information content (AvgIpc) is 2.45. The van der Waals surface area contributed by atoms with Gasteiger partial charge in [-0.3, -0.25) is 0 Å². The highest BCUT2D eigenvalue weighted by atomic mass is 35.5. The molecule has 0 amide bonds. The van der Waals surface area contributed by atoms with Gasteiger partial charge in [-0.25, -0.2) is 4.39 Å². The summed E-state index contributed by atoms with van der Waals surface area (Å²) in [5, 5.41) is 10.4. The maximum absolute atomic E-state index is 13.7. The summed E-state index contributed by atoms with van der Waals surface area (Å²) in [6.07, 6.45) is 0.271. The van der Waals surface area contributed by atoms with Gasteiger partial charge in [-0.05, 0) is 42.7 Å². The zero-order valence-electron chi connectivity index (χ0n) is 11.1. The summed E-state index contributed by atoms with van der Waals surface area (Å²) in [5.41, 5.74) is 1.35. The monoisotopic (exact) mass is 294 g/mol. The van der Waals surface area contributed by atoms with Crippen LogP contribution in [0.15, 0.2) is 42.5 Å². The van der Waals surface area contributed by atoms with E-state index in [1.165, 1.54) is 12.1 Å². The van der Waals surface area contributed by atoms with Gasteiger partial charge < -0.3 is 9.84 Å². The first kappa shape index (κ1) is 14.8. The number of halogens is 2. The lowest BCUT2D eigenvalue weighted by Gasteiger charge is -2.12. The Kier molecular flexibility index (Phi) is 4.99. The van der Waals surface area contributed by atoms with Gasteiger partial charge in [-0.1, -0.05) is 29.8 Å². The van der Waals surface area contributed by atoms with Crippen LogP contribution >= 0.6 is 11.6 Å². The van der Waals surface area contributed by atoms with Crippen molar-refractivity contribution >= 4 is 11.6 Å². The smallest absolute Gasteiger partial charge is 0.130 e. The second-order valence-corrected chi connectivity index (χ2v) is 5.00. The fourth-order valence-electron chi connectivity index (χ4n) is 2.02. The van der Waals surface area contributed by atoms with E-state index in [0.717, 1.165) is 11.3 Å². The normalized spacial score (nSPS) is 12.2. The van der Waals surface area contributed by atoms with E-state index in [0.29, 0.717) is 17.9 Å². The first-order chi connectivity index (χ1) is 9.60. The summed E-state index contributed by atoms with van der Waals surface area (Å²) < 4.78 is 18.7. The molecule has 2 nitrogen and oxygen atoms in total. The predicted octanol–water partition coefficient (Wildman–Crippen LogP) is 4.15. The van der Waals surface area contributed by atoms with E-state index in [1.807, 2.05) is 24.3 Å². The molecule has 0 fully saturated rings. The number of aliphatic hydroxyl groups excluding tert-OH is 1. The number of methoxy groups -OCH3 is 1. The molecule has 2 rings (SSSR count). The van der Waals surface area contributed by atoms with Gasteiger partial charge in [0.2, 0.25) is 0 Å². The molecule has 0 saturated carbocycles. The van der Waals surface area contributed by atoms with Crippen molar-refractivity contribution in [2.75, 3.05) is 7.11 Å². The van der Waals surface area contributed by atoms with Gasteiger partial charge >= 0.3 is 0 Å². The molecule has 2 aromatic carbocycles. The van der Waals surface area contributed by atoms with E-state index in [4.69, 9.17) is 16.3 Å². The Hall–Kier alpha value is -1.58. The second kappa shape index (κ2) is 6.73. The topological polar surface area (TPSA) is 29.5 Å². The molecule has 0 aliphatic heterocycles. The van der Waals surface area contributed by atoms with Crippen molar-refractivity contribution in [1.29, 1.82) is 0 Å². The molecule has 1 atom stereocenters. The zero-order chi connectivity index (χ0) is 14.5. The van der Waals surface area contributed by atoms with E-state index in [1.54, 1.807) is 13.2 Å². The second-order valence-electron chi connectivity index (χ2n) is 4.57. The van der Waals surface area contributed by atoms with Crippen molar-refractivity contribution in [2.45, 2.75) is 18.9 Å². The highest BCUT2D eigenvalue weighted by Crippen LogP contribution is 2.24. The molecule has 0 bridgehead atoms. The van der Waals surface area contributed by atoms with Crippen LogP contribution < -0.4 is 4.74 Å². The van der Waals surface area contributed by atoms with E-state index >= 15 is 0 Å². The third-order valence-electron chi connectivity index (χ3n) is 3.19. The van der Waals surface area contributed by atoms with E-state index in [9.17, 15) is 9.50 Å². The van der Waals surface area contributed by atoms with Gasteiger partial charge in [0.1, 0.15) is 11.6 Å². The molecular weight excluding hydrogens is 279 g/mol. The highest BCUT2D eigenvalue weighted by Gasteiger charge is 2.13. The van der Waals surface area contributed by atoms with Crippen LogP contribution in [0.3, 0.4) is 0 Å². The molecule has 1 N–H and O–H groups in total. The average molecular weight is 295 g/mol. The van der Waals surface area contributed by atoms with Crippen molar-refractivity contribution in [3.63, 3.8) is 0 Å². The third kappa shape index (κ3) is 3.71. The molecule has 0 spiro atoms. The summed E-state index contributed by atoms with van der Waals surface area (Å²) >= 11 is 5.69. The minimum atomic E-state index is -0.839. The van der Waals surface area contributed by atoms with Crippen LogP contribution in [0.5, 0.6) is 5.75 Å². The maximum atomic E-state index is 13.7. The van der Waals surface area contributed by atoms with Gasteiger partial charge in [0, 0.05) is 10.6 Å². The number of hydrogen-bond donors (Lipinski definition) is 1. The van der Waals surface area contributed by atoms with Crippen LogP contribution in [0.2, 0.25) is 5.02 Å². The first-order valence-electron chi connectivity index (χ1n) is 6.36. The number of rotatable bonds is 5. The van der Waals surface area contributed by atoms with Gasteiger partial charge in [0.05, 0.1) is 13.2 Å². The van der Waals surface area contributed by atoms with E-state index in [2.05, 4.69) is 0 Å². The predicted molar refractivity (Wildman–Crippen MR) is 77.7 cm³/mol. The van der Waals surface area contributed by atoms with Gasteiger partial charge in [0.25, 0.3) is 0 Å². The Labute approximate surface area is 122 Å². The fourth-order valence-corrected chi connectivity index (χ4v) is 2.18. The number of aliphatic hydroxyl groups is 1. The lowest BCUT2D eigenvalue weighted by atomic mass is 10.0. The van der Waals surface area contributed by atoms with Crippen molar-refractivity contribution in [3.05, 3.63) is 64.4 Å². The van der Waals surface area contributed by atoms with Crippen LogP contribution in [0.4, 0.5) is 4.39 Å². The molecule has 0 radical (unpaired) electrons. The molecular formula is C16H16ClFO2. The van der Waals surface area contributed by atoms with Crippen molar-refractivity contribution < 1.29 is 14.2 Å². The van der Waals surface area contributed by atoms with Gasteiger partial charge in [0.15, 0.2) is 0 Å². The highest BCUT2D eigenvalue weighted by molar-refractivity contribution is 6.30. The minimum absolute atomic E-state index is 0.280. The summed E-state index contributed by atoms with van der Waals surface area (Å²) in [7, 11) is 1.61. The molecule has 0 aromatic heterocycles. The molecule has 0 aliphatic rings. The summed E-state index contributed by atoms with van der Waals surface area (Å²) in [5.74, 6) is 0.317. The SMILES string of the molecule is COc1ccc(CCC(O)c2ccc(Cl)cc2F)cc1. The Bertz CT molecular complexity index is 569. The molecule has 4 heteroatoms.